The number of nitrogens with zero attached hydrogens (tertiary/aromatic N) is 3. The summed E-state index contributed by atoms with van der Waals surface area (Å²) in [6.07, 6.45) is 0. The van der Waals surface area contributed by atoms with E-state index in [1.165, 1.54) is 12.1 Å². The topological polar surface area (TPSA) is 69.0 Å². The van der Waals surface area contributed by atoms with E-state index in [1.54, 1.807) is 10.9 Å². The van der Waals surface area contributed by atoms with E-state index in [-0.39, 0.29) is 23.3 Å². The standard InChI is InChI=1S/C21H15Cl3N4O2/c1-12-7-18-19(27-28(26-18)13-5-3-2-4-6-13)10-17(12)25-21(29)11-30-20-9-15(23)14(22)8-16(20)24/h2-10H,11H2,1H3,(H,25,29). The fourth-order valence-electron chi connectivity index (χ4n) is 2.82. The van der Waals surface area contributed by atoms with Gasteiger partial charge in [0.25, 0.3) is 5.91 Å². The summed E-state index contributed by atoms with van der Waals surface area (Å²) < 4.78 is 5.48. The average Bonchev–Trinajstić information content (AvgIpc) is 3.13. The molecule has 1 aromatic heterocycles. The van der Waals surface area contributed by atoms with Gasteiger partial charge in [-0.15, -0.1) is 10.2 Å². The number of para-hydroxylation sites is 1. The van der Waals surface area contributed by atoms with E-state index in [2.05, 4.69) is 15.5 Å². The van der Waals surface area contributed by atoms with Gasteiger partial charge in [0.1, 0.15) is 16.8 Å². The lowest BCUT2D eigenvalue weighted by Crippen LogP contribution is -2.20. The van der Waals surface area contributed by atoms with Crippen LogP contribution in [-0.4, -0.2) is 27.5 Å². The summed E-state index contributed by atoms with van der Waals surface area (Å²) in [7, 11) is 0. The molecule has 0 unspecified atom stereocenters. The second-order valence-electron chi connectivity index (χ2n) is 6.51. The number of carbonyl (C=O) groups excluding carboxylic acids is 1. The summed E-state index contributed by atoms with van der Waals surface area (Å²) in [5, 5.41) is 12.7. The van der Waals surface area contributed by atoms with Gasteiger partial charge in [-0.3, -0.25) is 4.79 Å². The van der Waals surface area contributed by atoms with Gasteiger partial charge in [-0.2, -0.15) is 4.80 Å². The molecule has 152 valence electrons. The third-order valence-electron chi connectivity index (χ3n) is 4.32. The number of benzene rings is 3. The molecule has 3 aromatic carbocycles. The van der Waals surface area contributed by atoms with Crippen LogP contribution in [-0.2, 0) is 4.79 Å². The summed E-state index contributed by atoms with van der Waals surface area (Å²) in [4.78, 5) is 13.9. The van der Waals surface area contributed by atoms with E-state index in [4.69, 9.17) is 39.5 Å². The Bertz CT molecular complexity index is 1240. The van der Waals surface area contributed by atoms with Crippen molar-refractivity contribution in [2.45, 2.75) is 6.92 Å². The molecular formula is C21H15Cl3N4O2. The van der Waals surface area contributed by atoms with Crippen molar-refractivity contribution in [3.63, 3.8) is 0 Å². The van der Waals surface area contributed by atoms with Gasteiger partial charge in [0.2, 0.25) is 0 Å². The zero-order chi connectivity index (χ0) is 21.3. The molecule has 1 amide bonds. The maximum Gasteiger partial charge on any atom is 0.262 e. The van der Waals surface area contributed by atoms with E-state index in [9.17, 15) is 4.79 Å². The number of ether oxygens (including phenoxy) is 1. The van der Waals surface area contributed by atoms with Gasteiger partial charge in [-0.05, 0) is 42.8 Å². The Morgan fingerprint density at radius 1 is 0.967 bits per heavy atom. The molecule has 30 heavy (non-hydrogen) atoms. The molecule has 0 aliphatic carbocycles. The number of hydrogen-bond acceptors (Lipinski definition) is 4. The Hall–Kier alpha value is -2.80. The molecule has 6 nitrogen and oxygen atoms in total. The molecule has 4 rings (SSSR count). The smallest absolute Gasteiger partial charge is 0.262 e. The molecule has 0 spiro atoms. The molecule has 0 aliphatic rings. The largest absolute Gasteiger partial charge is 0.482 e. The lowest BCUT2D eigenvalue weighted by atomic mass is 10.1. The summed E-state index contributed by atoms with van der Waals surface area (Å²) in [5.41, 5.74) is 3.71. The molecular weight excluding hydrogens is 447 g/mol. The van der Waals surface area contributed by atoms with Crippen molar-refractivity contribution in [3.8, 4) is 11.4 Å². The van der Waals surface area contributed by atoms with Gasteiger partial charge < -0.3 is 10.1 Å². The Balaban J connectivity index is 1.50. The Morgan fingerprint density at radius 2 is 1.63 bits per heavy atom. The fraction of sp³-hybridized carbons (Fsp3) is 0.0952. The highest BCUT2D eigenvalue weighted by Gasteiger charge is 2.13. The van der Waals surface area contributed by atoms with Crippen LogP contribution in [0.5, 0.6) is 5.75 Å². The summed E-state index contributed by atoms with van der Waals surface area (Å²) in [6.45, 7) is 1.64. The molecule has 1 heterocycles. The zero-order valence-corrected chi connectivity index (χ0v) is 18.0. The first kappa shape index (κ1) is 20.5. The lowest BCUT2D eigenvalue weighted by Gasteiger charge is -2.11. The normalized spacial score (nSPS) is 10.9. The fourth-order valence-corrected chi connectivity index (χ4v) is 3.42. The van der Waals surface area contributed by atoms with Gasteiger partial charge in [0.15, 0.2) is 6.61 Å². The number of nitrogens with one attached hydrogen (secondary N) is 1. The highest BCUT2D eigenvalue weighted by molar-refractivity contribution is 6.43. The van der Waals surface area contributed by atoms with Gasteiger partial charge in [-0.1, -0.05) is 53.0 Å². The number of carbonyl (C=O) groups is 1. The first-order valence-electron chi connectivity index (χ1n) is 8.91. The van der Waals surface area contributed by atoms with E-state index >= 15 is 0 Å². The SMILES string of the molecule is Cc1cc2nn(-c3ccccc3)nc2cc1NC(=O)COc1cc(Cl)c(Cl)cc1Cl. The minimum absolute atomic E-state index is 0.244. The number of hydrogen-bond donors (Lipinski definition) is 1. The average molecular weight is 462 g/mol. The minimum atomic E-state index is -0.352. The monoisotopic (exact) mass is 460 g/mol. The van der Waals surface area contributed by atoms with Gasteiger partial charge in [0, 0.05) is 11.8 Å². The number of aryl methyl sites for hydroxylation is 1. The first-order valence-corrected chi connectivity index (χ1v) is 10.0. The number of fused-ring (bicyclic) bond motifs is 1. The third kappa shape index (κ3) is 4.36. The molecule has 0 saturated heterocycles. The molecule has 0 radical (unpaired) electrons. The summed E-state index contributed by atoms with van der Waals surface area (Å²) in [6, 6.07) is 16.2. The highest BCUT2D eigenvalue weighted by Crippen LogP contribution is 2.33. The van der Waals surface area contributed by atoms with Gasteiger partial charge >= 0.3 is 0 Å². The quantitative estimate of drug-likeness (QED) is 0.387. The zero-order valence-electron chi connectivity index (χ0n) is 15.7. The van der Waals surface area contributed by atoms with Crippen LogP contribution in [0.4, 0.5) is 5.69 Å². The summed E-state index contributed by atoms with van der Waals surface area (Å²) >= 11 is 17.9. The maximum atomic E-state index is 12.4. The second-order valence-corrected chi connectivity index (χ2v) is 7.74. The molecule has 1 N–H and O–H groups in total. The molecule has 0 aliphatic heterocycles. The van der Waals surface area contributed by atoms with Crippen LogP contribution in [0.25, 0.3) is 16.7 Å². The van der Waals surface area contributed by atoms with E-state index in [1.807, 2.05) is 43.3 Å². The minimum Gasteiger partial charge on any atom is -0.482 e. The van der Waals surface area contributed by atoms with E-state index in [0.29, 0.717) is 21.2 Å². The number of rotatable bonds is 5. The van der Waals surface area contributed by atoms with Crippen molar-refractivity contribution in [2.75, 3.05) is 11.9 Å². The van der Waals surface area contributed by atoms with Crippen LogP contribution in [0.2, 0.25) is 15.1 Å². The van der Waals surface area contributed by atoms with Gasteiger partial charge in [-0.25, -0.2) is 0 Å². The predicted molar refractivity (Wildman–Crippen MR) is 119 cm³/mol. The molecule has 0 atom stereocenters. The predicted octanol–water partition coefficient (Wildman–Crippen LogP) is 5.71. The highest BCUT2D eigenvalue weighted by atomic mass is 35.5. The van der Waals surface area contributed by atoms with Crippen LogP contribution >= 0.6 is 34.8 Å². The second kappa shape index (κ2) is 8.52. The number of amides is 1. The van der Waals surface area contributed by atoms with E-state index < -0.39 is 0 Å². The van der Waals surface area contributed by atoms with Crippen molar-refractivity contribution in [1.29, 1.82) is 0 Å². The molecule has 0 fully saturated rings. The molecule has 4 aromatic rings. The van der Waals surface area contributed by atoms with Crippen molar-refractivity contribution in [3.05, 3.63) is 75.2 Å². The summed E-state index contributed by atoms with van der Waals surface area (Å²) in [5.74, 6) is -0.0748. The van der Waals surface area contributed by atoms with E-state index in [0.717, 1.165) is 16.8 Å². The Labute approximate surface area is 187 Å². The van der Waals surface area contributed by atoms with Gasteiger partial charge in [0.05, 0.1) is 20.8 Å². The van der Waals surface area contributed by atoms with Crippen LogP contribution in [0.3, 0.4) is 0 Å². The first-order chi connectivity index (χ1) is 14.4. The maximum absolute atomic E-state index is 12.4. The molecule has 9 heteroatoms. The third-order valence-corrected chi connectivity index (χ3v) is 5.34. The van der Waals surface area contributed by atoms with Crippen molar-refractivity contribution >= 4 is 57.4 Å². The number of anilines is 1. The number of halogens is 3. The van der Waals surface area contributed by atoms with Crippen molar-refractivity contribution < 1.29 is 9.53 Å². The van der Waals surface area contributed by atoms with Crippen molar-refractivity contribution in [1.82, 2.24) is 15.0 Å². The number of aromatic nitrogens is 3. The van der Waals surface area contributed by atoms with Crippen LogP contribution in [0.15, 0.2) is 54.6 Å². The molecule has 0 bridgehead atoms. The Morgan fingerprint density at radius 3 is 2.37 bits per heavy atom. The molecule has 0 saturated carbocycles. The van der Waals surface area contributed by atoms with Crippen LogP contribution < -0.4 is 10.1 Å². The lowest BCUT2D eigenvalue weighted by molar-refractivity contribution is -0.118. The van der Waals surface area contributed by atoms with Crippen LogP contribution in [0.1, 0.15) is 5.56 Å². The van der Waals surface area contributed by atoms with Crippen molar-refractivity contribution in [2.24, 2.45) is 0 Å². The Kier molecular flexibility index (Phi) is 5.81. The van der Waals surface area contributed by atoms with Crippen LogP contribution in [0, 0.1) is 6.92 Å².